The molecule has 4 heterocycles. The summed E-state index contributed by atoms with van der Waals surface area (Å²) in [5.41, 5.74) is 6.68. The number of halogens is 1. The smallest absolute Gasteiger partial charge is 0.314 e. The van der Waals surface area contributed by atoms with E-state index in [1.807, 2.05) is 0 Å². The molecule has 0 radical (unpaired) electrons. The first-order valence-electron chi connectivity index (χ1n) is 9.19. The monoisotopic (exact) mass is 415 g/mol. The van der Waals surface area contributed by atoms with Crippen molar-refractivity contribution < 1.29 is 9.59 Å². The minimum absolute atomic E-state index is 0.318. The third kappa shape index (κ3) is 5.20. The molecule has 0 saturated carbocycles. The van der Waals surface area contributed by atoms with Crippen LogP contribution in [0.4, 0.5) is 11.5 Å². The Morgan fingerprint density at radius 3 is 2.83 bits per heavy atom. The number of likely N-dealkylation sites (tertiary alicyclic amines) is 1. The maximum absolute atomic E-state index is 12.2. The van der Waals surface area contributed by atoms with Crippen molar-refractivity contribution in [3.63, 3.8) is 0 Å². The van der Waals surface area contributed by atoms with Gasteiger partial charge in [0.1, 0.15) is 5.82 Å². The average Bonchev–Trinajstić information content (AvgIpc) is 3.22. The van der Waals surface area contributed by atoms with E-state index in [-0.39, 0.29) is 0 Å². The summed E-state index contributed by atoms with van der Waals surface area (Å²) >= 11 is 5.48. The van der Waals surface area contributed by atoms with Gasteiger partial charge >= 0.3 is 11.8 Å². The number of hydrogen-bond acceptors (Lipinski definition) is 6. The Kier molecular flexibility index (Phi) is 6.61. The second kappa shape index (κ2) is 9.33. The Bertz CT molecular complexity index is 993. The predicted octanol–water partition coefficient (Wildman–Crippen LogP) is 2.47. The van der Waals surface area contributed by atoms with Crippen LogP contribution in [0.1, 0.15) is 19.8 Å². The number of aromatic amines is 1. The molecule has 1 atom stereocenters. The number of anilines is 2. The molecule has 4 N–H and O–H groups in total. The fourth-order valence-electron chi connectivity index (χ4n) is 3.08. The highest BCUT2D eigenvalue weighted by atomic mass is 35.5. The van der Waals surface area contributed by atoms with Crippen molar-refractivity contribution in [2.45, 2.75) is 19.8 Å². The summed E-state index contributed by atoms with van der Waals surface area (Å²) in [6, 6.07) is 3.58. The Morgan fingerprint density at radius 2 is 2.17 bits per heavy atom. The van der Waals surface area contributed by atoms with Crippen LogP contribution in [-0.4, -0.2) is 50.0 Å². The summed E-state index contributed by atoms with van der Waals surface area (Å²) in [6.45, 7) is 3.32. The first kappa shape index (κ1) is 20.5. The SMILES string of the molecule is CC1CCCN(C(=O)C(=O)Nc2cnc(N)c3cn[nH]c23)C1.Clc1cccnc1. The topological polar surface area (TPSA) is 130 Å². The number of piperidine rings is 1. The van der Waals surface area contributed by atoms with Crippen LogP contribution in [0, 0.1) is 5.92 Å². The number of carbonyl (C=O) groups excluding carboxylic acids is 2. The van der Waals surface area contributed by atoms with Gasteiger partial charge in [0, 0.05) is 25.5 Å². The van der Waals surface area contributed by atoms with Gasteiger partial charge in [-0.15, -0.1) is 0 Å². The van der Waals surface area contributed by atoms with Gasteiger partial charge < -0.3 is 16.0 Å². The molecule has 3 aromatic rings. The van der Waals surface area contributed by atoms with Gasteiger partial charge in [-0.05, 0) is 30.9 Å². The van der Waals surface area contributed by atoms with E-state index in [9.17, 15) is 9.59 Å². The van der Waals surface area contributed by atoms with Crippen molar-refractivity contribution in [3.8, 4) is 0 Å². The van der Waals surface area contributed by atoms with Crippen molar-refractivity contribution in [1.82, 2.24) is 25.1 Å². The van der Waals surface area contributed by atoms with E-state index >= 15 is 0 Å². The lowest BCUT2D eigenvalue weighted by atomic mass is 10.0. The number of nitrogens with two attached hydrogens (primary N) is 1. The molecule has 29 heavy (non-hydrogen) atoms. The summed E-state index contributed by atoms with van der Waals surface area (Å²) in [5, 5.41) is 10.5. The summed E-state index contributed by atoms with van der Waals surface area (Å²) in [4.78, 5) is 33.7. The van der Waals surface area contributed by atoms with Gasteiger partial charge in [-0.25, -0.2) is 4.98 Å². The molecule has 0 aliphatic carbocycles. The number of nitrogen functional groups attached to an aromatic ring is 1. The van der Waals surface area contributed by atoms with Crippen LogP contribution < -0.4 is 11.1 Å². The van der Waals surface area contributed by atoms with Gasteiger partial charge in [0.25, 0.3) is 0 Å². The summed E-state index contributed by atoms with van der Waals surface area (Å²) in [6.07, 6.45) is 8.24. The molecule has 1 unspecified atom stereocenters. The number of aromatic nitrogens is 4. The molecule has 0 aromatic carbocycles. The Balaban J connectivity index is 0.000000290. The molecule has 9 nitrogen and oxygen atoms in total. The first-order valence-corrected chi connectivity index (χ1v) is 9.57. The van der Waals surface area contributed by atoms with E-state index < -0.39 is 11.8 Å². The first-order chi connectivity index (χ1) is 14.0. The number of pyridine rings is 2. The van der Waals surface area contributed by atoms with Crippen LogP contribution >= 0.6 is 11.6 Å². The minimum atomic E-state index is -0.670. The number of H-pyrrole nitrogens is 1. The van der Waals surface area contributed by atoms with E-state index in [1.165, 1.54) is 12.4 Å². The second-order valence-corrected chi connectivity index (χ2v) is 7.28. The van der Waals surface area contributed by atoms with Crippen molar-refractivity contribution in [2.24, 2.45) is 5.92 Å². The van der Waals surface area contributed by atoms with Crippen LogP contribution in [0.2, 0.25) is 5.02 Å². The molecule has 4 rings (SSSR count). The molecule has 1 aliphatic heterocycles. The van der Waals surface area contributed by atoms with Gasteiger partial charge in [0.15, 0.2) is 0 Å². The Hall–Kier alpha value is -3.20. The summed E-state index contributed by atoms with van der Waals surface area (Å²) in [5.74, 6) is -0.450. The molecule has 1 aliphatic rings. The molecule has 3 aromatic heterocycles. The summed E-state index contributed by atoms with van der Waals surface area (Å²) in [7, 11) is 0. The predicted molar refractivity (Wildman–Crippen MR) is 111 cm³/mol. The Morgan fingerprint density at radius 1 is 1.34 bits per heavy atom. The van der Waals surface area contributed by atoms with Gasteiger partial charge in [-0.2, -0.15) is 5.10 Å². The van der Waals surface area contributed by atoms with E-state index in [2.05, 4.69) is 32.4 Å². The number of carbonyl (C=O) groups is 2. The lowest BCUT2D eigenvalue weighted by Gasteiger charge is -2.30. The van der Waals surface area contributed by atoms with E-state index in [0.29, 0.717) is 46.4 Å². The fraction of sp³-hybridized carbons (Fsp3) is 0.316. The van der Waals surface area contributed by atoms with Gasteiger partial charge in [-0.3, -0.25) is 19.7 Å². The highest BCUT2D eigenvalue weighted by Gasteiger charge is 2.26. The van der Waals surface area contributed by atoms with Crippen molar-refractivity contribution in [1.29, 1.82) is 0 Å². The Labute approximate surface area is 172 Å². The number of fused-ring (bicyclic) bond motifs is 1. The molecule has 2 amide bonds. The maximum atomic E-state index is 12.2. The molecular formula is C19H22ClN7O2. The number of amides is 2. The summed E-state index contributed by atoms with van der Waals surface area (Å²) < 4.78 is 0. The van der Waals surface area contributed by atoms with Crippen LogP contribution in [0.5, 0.6) is 0 Å². The fourth-order valence-corrected chi connectivity index (χ4v) is 3.21. The van der Waals surface area contributed by atoms with Crippen LogP contribution in [-0.2, 0) is 9.59 Å². The molecule has 0 bridgehead atoms. The molecule has 1 saturated heterocycles. The minimum Gasteiger partial charge on any atom is -0.383 e. The molecule has 10 heteroatoms. The molecular weight excluding hydrogens is 394 g/mol. The average molecular weight is 416 g/mol. The molecule has 152 valence electrons. The highest BCUT2D eigenvalue weighted by molar-refractivity contribution is 6.40. The van der Waals surface area contributed by atoms with Crippen LogP contribution in [0.3, 0.4) is 0 Å². The normalized spacial score (nSPS) is 16.1. The molecule has 0 spiro atoms. The second-order valence-electron chi connectivity index (χ2n) is 6.84. The lowest BCUT2D eigenvalue weighted by Crippen LogP contribution is -2.44. The zero-order chi connectivity index (χ0) is 20.8. The van der Waals surface area contributed by atoms with Crippen LogP contribution in [0.15, 0.2) is 36.9 Å². The van der Waals surface area contributed by atoms with Gasteiger partial charge in [0.05, 0.1) is 34.0 Å². The molecule has 1 fully saturated rings. The van der Waals surface area contributed by atoms with E-state index in [4.69, 9.17) is 17.3 Å². The van der Waals surface area contributed by atoms with Crippen molar-refractivity contribution in [3.05, 3.63) is 41.9 Å². The number of rotatable bonds is 1. The highest BCUT2D eigenvalue weighted by Crippen LogP contribution is 2.24. The third-order valence-corrected chi connectivity index (χ3v) is 4.75. The zero-order valence-corrected chi connectivity index (χ0v) is 16.7. The largest absolute Gasteiger partial charge is 0.383 e. The quantitative estimate of drug-likeness (QED) is 0.523. The van der Waals surface area contributed by atoms with E-state index in [0.717, 1.165) is 12.8 Å². The van der Waals surface area contributed by atoms with Gasteiger partial charge in [-0.1, -0.05) is 18.5 Å². The van der Waals surface area contributed by atoms with Crippen molar-refractivity contribution in [2.75, 3.05) is 24.1 Å². The zero-order valence-electron chi connectivity index (χ0n) is 15.9. The van der Waals surface area contributed by atoms with Gasteiger partial charge in [0.2, 0.25) is 0 Å². The standard InChI is InChI=1S/C14H18N6O2.C5H4ClN/c1-8-3-2-4-20(7-8)14(22)13(21)18-10-6-16-12(15)9-5-17-19-11(9)10;6-5-2-1-3-7-4-5/h5-6,8H,2-4,7H2,1H3,(H2,15,16)(H,17,19)(H,18,21);1-4H. The number of nitrogens with one attached hydrogen (secondary N) is 2. The number of hydrogen-bond donors (Lipinski definition) is 3. The van der Waals surface area contributed by atoms with E-state index in [1.54, 1.807) is 29.4 Å². The lowest BCUT2D eigenvalue weighted by molar-refractivity contribution is -0.144. The van der Waals surface area contributed by atoms with Crippen molar-refractivity contribution >= 4 is 45.8 Å². The number of nitrogens with zero attached hydrogens (tertiary/aromatic N) is 4. The van der Waals surface area contributed by atoms with Crippen LogP contribution in [0.25, 0.3) is 10.9 Å². The maximum Gasteiger partial charge on any atom is 0.314 e. The third-order valence-electron chi connectivity index (χ3n) is 4.53.